The van der Waals surface area contributed by atoms with Gasteiger partial charge in [0, 0.05) is 4.90 Å². The zero-order chi connectivity index (χ0) is 18.5. The average molecular weight is 368 g/mol. The Labute approximate surface area is 156 Å². The topological polar surface area (TPSA) is 67.4 Å². The Kier molecular flexibility index (Phi) is 5.63. The van der Waals surface area contributed by atoms with Gasteiger partial charge in [-0.1, -0.05) is 42.5 Å². The number of thioether (sulfide) groups is 1. The van der Waals surface area contributed by atoms with Crippen LogP contribution in [0.3, 0.4) is 0 Å². The van der Waals surface area contributed by atoms with Gasteiger partial charge in [-0.15, -0.1) is 11.8 Å². The van der Waals surface area contributed by atoms with E-state index in [0.29, 0.717) is 11.3 Å². The molecule has 1 heterocycles. The van der Waals surface area contributed by atoms with E-state index < -0.39 is 12.0 Å². The molecule has 134 valence electrons. The van der Waals surface area contributed by atoms with Gasteiger partial charge in [0.15, 0.2) is 0 Å². The summed E-state index contributed by atoms with van der Waals surface area (Å²) in [5.74, 6) is -0.446. The van der Waals surface area contributed by atoms with Crippen LogP contribution in [0.4, 0.5) is 4.79 Å². The first-order valence-corrected chi connectivity index (χ1v) is 9.54. The second-order valence-electron chi connectivity index (χ2n) is 5.68. The van der Waals surface area contributed by atoms with Gasteiger partial charge in [0.25, 0.3) is 0 Å². The van der Waals surface area contributed by atoms with Gasteiger partial charge in [-0.3, -0.25) is 0 Å². The lowest BCUT2D eigenvalue weighted by atomic mass is 9.93. The third-order valence-corrected chi connectivity index (χ3v) is 4.82. The Hall–Kier alpha value is -2.73. The minimum absolute atomic E-state index is 0.260. The minimum atomic E-state index is -0.575. The van der Waals surface area contributed by atoms with Crippen molar-refractivity contribution in [2.45, 2.75) is 17.9 Å². The van der Waals surface area contributed by atoms with Gasteiger partial charge in [-0.2, -0.15) is 0 Å². The Morgan fingerprint density at radius 1 is 1.12 bits per heavy atom. The summed E-state index contributed by atoms with van der Waals surface area (Å²) >= 11 is 1.63. The summed E-state index contributed by atoms with van der Waals surface area (Å²) in [6, 6.07) is 16.2. The molecule has 0 spiro atoms. The molecule has 2 aromatic carbocycles. The molecule has 0 bridgehead atoms. The van der Waals surface area contributed by atoms with Crippen LogP contribution in [0.25, 0.3) is 5.70 Å². The van der Waals surface area contributed by atoms with E-state index in [-0.39, 0.29) is 12.6 Å². The summed E-state index contributed by atoms with van der Waals surface area (Å²) in [5.41, 5.74) is 2.46. The van der Waals surface area contributed by atoms with E-state index in [1.807, 2.05) is 60.9 Å². The van der Waals surface area contributed by atoms with Crippen LogP contribution in [0.15, 0.2) is 65.1 Å². The molecule has 0 fully saturated rings. The number of ether oxygens (including phenoxy) is 1. The van der Waals surface area contributed by atoms with Crippen molar-refractivity contribution in [2.75, 3.05) is 12.9 Å². The Morgan fingerprint density at radius 2 is 1.81 bits per heavy atom. The van der Waals surface area contributed by atoms with Crippen molar-refractivity contribution >= 4 is 29.5 Å². The molecule has 0 saturated carbocycles. The van der Waals surface area contributed by atoms with Crippen molar-refractivity contribution < 1.29 is 14.3 Å². The fourth-order valence-electron chi connectivity index (χ4n) is 2.87. The number of hydrogen-bond acceptors (Lipinski definition) is 4. The zero-order valence-electron chi connectivity index (χ0n) is 14.6. The van der Waals surface area contributed by atoms with Crippen LogP contribution >= 0.6 is 11.8 Å². The molecule has 0 saturated heterocycles. The molecule has 2 N–H and O–H groups in total. The number of rotatable bonds is 5. The van der Waals surface area contributed by atoms with Crippen LogP contribution in [-0.2, 0) is 9.53 Å². The fraction of sp³-hybridized carbons (Fsp3) is 0.200. The standard InChI is InChI=1S/C20H20N2O3S/c1-3-25-19(23)16-17(13-7-5-4-6-8-13)21-20(24)22-18(16)14-9-11-15(26-2)12-10-14/h4-12,18H,3H2,1-2H3,(H2,21,22,24)/t18-/m1/s1. The highest BCUT2D eigenvalue weighted by atomic mass is 32.2. The second kappa shape index (κ2) is 8.10. The summed E-state index contributed by atoms with van der Waals surface area (Å²) in [4.78, 5) is 26.1. The maximum Gasteiger partial charge on any atom is 0.338 e. The van der Waals surface area contributed by atoms with Crippen LogP contribution in [0.5, 0.6) is 0 Å². The van der Waals surface area contributed by atoms with E-state index >= 15 is 0 Å². The van der Waals surface area contributed by atoms with E-state index in [4.69, 9.17) is 4.74 Å². The summed E-state index contributed by atoms with van der Waals surface area (Å²) in [7, 11) is 0. The molecule has 1 aliphatic rings. The molecule has 0 radical (unpaired) electrons. The Bertz CT molecular complexity index is 832. The van der Waals surface area contributed by atoms with Crippen molar-refractivity contribution in [1.82, 2.24) is 10.6 Å². The number of amides is 2. The molecule has 0 unspecified atom stereocenters. The number of carbonyl (C=O) groups is 2. The number of benzene rings is 2. The normalized spacial score (nSPS) is 16.7. The van der Waals surface area contributed by atoms with Crippen LogP contribution in [0, 0.1) is 0 Å². The van der Waals surface area contributed by atoms with Crippen molar-refractivity contribution in [3.63, 3.8) is 0 Å². The number of urea groups is 1. The highest BCUT2D eigenvalue weighted by Crippen LogP contribution is 2.32. The first-order valence-electron chi connectivity index (χ1n) is 8.32. The molecule has 1 atom stereocenters. The van der Waals surface area contributed by atoms with Gasteiger partial charge in [0.05, 0.1) is 23.9 Å². The van der Waals surface area contributed by atoms with Crippen LogP contribution in [0.1, 0.15) is 24.1 Å². The molecule has 1 aliphatic heterocycles. The lowest BCUT2D eigenvalue weighted by Gasteiger charge is -2.29. The maximum absolute atomic E-state index is 12.7. The quantitative estimate of drug-likeness (QED) is 0.623. The Morgan fingerprint density at radius 3 is 2.42 bits per heavy atom. The number of carbonyl (C=O) groups excluding carboxylic acids is 2. The van der Waals surface area contributed by atoms with Gasteiger partial charge in [0.1, 0.15) is 0 Å². The molecule has 5 nitrogen and oxygen atoms in total. The molecule has 2 aromatic rings. The zero-order valence-corrected chi connectivity index (χ0v) is 15.4. The lowest BCUT2D eigenvalue weighted by Crippen LogP contribution is -2.45. The van der Waals surface area contributed by atoms with Gasteiger partial charge in [-0.05, 0) is 36.4 Å². The SMILES string of the molecule is CCOC(=O)C1=C(c2ccccc2)NC(=O)N[C@@H]1c1ccc(SC)cc1. The largest absolute Gasteiger partial charge is 0.463 e. The lowest BCUT2D eigenvalue weighted by molar-refractivity contribution is -0.138. The molecular weight excluding hydrogens is 348 g/mol. The smallest absolute Gasteiger partial charge is 0.338 e. The van der Waals surface area contributed by atoms with Gasteiger partial charge >= 0.3 is 12.0 Å². The predicted molar refractivity (Wildman–Crippen MR) is 103 cm³/mol. The molecule has 3 rings (SSSR count). The van der Waals surface area contributed by atoms with Gasteiger partial charge < -0.3 is 15.4 Å². The summed E-state index contributed by atoms with van der Waals surface area (Å²) in [6.07, 6.45) is 2.00. The number of nitrogens with one attached hydrogen (secondary N) is 2. The van der Waals surface area contributed by atoms with Crippen LogP contribution < -0.4 is 10.6 Å². The molecule has 26 heavy (non-hydrogen) atoms. The summed E-state index contributed by atoms with van der Waals surface area (Å²) in [6.45, 7) is 2.02. The third kappa shape index (κ3) is 3.75. The summed E-state index contributed by atoms with van der Waals surface area (Å²) in [5, 5.41) is 5.61. The number of esters is 1. The van der Waals surface area contributed by atoms with Crippen molar-refractivity contribution in [3.8, 4) is 0 Å². The van der Waals surface area contributed by atoms with Crippen molar-refractivity contribution in [2.24, 2.45) is 0 Å². The van der Waals surface area contributed by atoms with E-state index in [1.54, 1.807) is 18.7 Å². The highest BCUT2D eigenvalue weighted by Gasteiger charge is 2.34. The van der Waals surface area contributed by atoms with Gasteiger partial charge in [-0.25, -0.2) is 9.59 Å². The van der Waals surface area contributed by atoms with E-state index in [1.165, 1.54) is 0 Å². The minimum Gasteiger partial charge on any atom is -0.463 e. The third-order valence-electron chi connectivity index (χ3n) is 4.08. The molecule has 0 aliphatic carbocycles. The highest BCUT2D eigenvalue weighted by molar-refractivity contribution is 7.98. The molecular formula is C20H20N2O3S. The first-order chi connectivity index (χ1) is 12.6. The van der Waals surface area contributed by atoms with Crippen molar-refractivity contribution in [3.05, 3.63) is 71.3 Å². The van der Waals surface area contributed by atoms with E-state index in [2.05, 4.69) is 10.6 Å². The van der Waals surface area contributed by atoms with Crippen LogP contribution in [-0.4, -0.2) is 24.9 Å². The maximum atomic E-state index is 12.7. The van der Waals surface area contributed by atoms with Crippen LogP contribution in [0.2, 0.25) is 0 Å². The first kappa shape index (κ1) is 18.1. The predicted octanol–water partition coefficient (Wildman–Crippen LogP) is 3.74. The monoisotopic (exact) mass is 368 g/mol. The second-order valence-corrected chi connectivity index (χ2v) is 6.56. The molecule has 6 heteroatoms. The number of hydrogen-bond donors (Lipinski definition) is 2. The van der Waals surface area contributed by atoms with E-state index in [0.717, 1.165) is 16.0 Å². The average Bonchev–Trinajstić information content (AvgIpc) is 2.68. The molecule has 0 aromatic heterocycles. The van der Waals surface area contributed by atoms with Crippen molar-refractivity contribution in [1.29, 1.82) is 0 Å². The Balaban J connectivity index is 2.13. The summed E-state index contributed by atoms with van der Waals surface area (Å²) < 4.78 is 5.27. The molecule has 2 amide bonds. The van der Waals surface area contributed by atoms with E-state index in [9.17, 15) is 9.59 Å². The fourth-order valence-corrected chi connectivity index (χ4v) is 3.28. The van der Waals surface area contributed by atoms with Gasteiger partial charge in [0.2, 0.25) is 0 Å².